The van der Waals surface area contributed by atoms with Gasteiger partial charge in [0.15, 0.2) is 0 Å². The zero-order valence-corrected chi connectivity index (χ0v) is 14.9. The highest BCUT2D eigenvalue weighted by molar-refractivity contribution is 7.89. The van der Waals surface area contributed by atoms with Gasteiger partial charge >= 0.3 is 5.97 Å². The summed E-state index contributed by atoms with van der Waals surface area (Å²) < 4.78 is 51.8. The number of carboxylic acid groups (broad SMARTS) is 1. The molecule has 0 unspecified atom stereocenters. The highest BCUT2D eigenvalue weighted by Crippen LogP contribution is 2.23. The molecule has 1 aromatic rings. The van der Waals surface area contributed by atoms with Gasteiger partial charge < -0.3 is 5.11 Å². The standard InChI is InChI=1S/C13H20N2O6S2/c1-9(2)15(8-13(16)17)23(20,21)11-5-6-12(10(3)7-11)22(18,19)14-4/h5-7,9,14H,8H2,1-4H3,(H,16,17). The van der Waals surface area contributed by atoms with Crippen molar-refractivity contribution in [2.24, 2.45) is 0 Å². The second-order valence-electron chi connectivity index (χ2n) is 5.17. The van der Waals surface area contributed by atoms with Gasteiger partial charge in [-0.25, -0.2) is 21.6 Å². The van der Waals surface area contributed by atoms with Crippen molar-refractivity contribution in [1.82, 2.24) is 9.03 Å². The van der Waals surface area contributed by atoms with Crippen LogP contribution in [0.1, 0.15) is 19.4 Å². The van der Waals surface area contributed by atoms with Crippen LogP contribution in [0.25, 0.3) is 0 Å². The molecule has 0 aliphatic carbocycles. The molecule has 0 amide bonds. The molecule has 1 rings (SSSR count). The van der Waals surface area contributed by atoms with E-state index in [1.807, 2.05) is 0 Å². The van der Waals surface area contributed by atoms with Crippen molar-refractivity contribution < 1.29 is 26.7 Å². The summed E-state index contributed by atoms with van der Waals surface area (Å²) in [5.41, 5.74) is 0.249. The van der Waals surface area contributed by atoms with Crippen LogP contribution in [0.5, 0.6) is 0 Å². The largest absolute Gasteiger partial charge is 0.480 e. The van der Waals surface area contributed by atoms with E-state index >= 15 is 0 Å². The normalized spacial score (nSPS) is 12.8. The molecule has 0 saturated carbocycles. The molecule has 0 saturated heterocycles. The smallest absolute Gasteiger partial charge is 0.318 e. The Morgan fingerprint density at radius 2 is 1.83 bits per heavy atom. The molecule has 0 bridgehead atoms. The van der Waals surface area contributed by atoms with Crippen LogP contribution >= 0.6 is 0 Å². The third-order valence-electron chi connectivity index (χ3n) is 3.18. The molecule has 23 heavy (non-hydrogen) atoms. The molecule has 1 aromatic carbocycles. The van der Waals surface area contributed by atoms with Gasteiger partial charge in [0.1, 0.15) is 6.54 Å². The van der Waals surface area contributed by atoms with E-state index in [1.165, 1.54) is 26.1 Å². The van der Waals surface area contributed by atoms with Gasteiger partial charge in [-0.3, -0.25) is 4.79 Å². The van der Waals surface area contributed by atoms with E-state index in [4.69, 9.17) is 5.11 Å². The molecule has 0 aliphatic heterocycles. The monoisotopic (exact) mass is 364 g/mol. The highest BCUT2D eigenvalue weighted by Gasteiger charge is 2.30. The molecule has 0 aromatic heterocycles. The molecular formula is C13H20N2O6S2. The zero-order chi connectivity index (χ0) is 18.0. The minimum absolute atomic E-state index is 0.0340. The second-order valence-corrected chi connectivity index (χ2v) is 8.92. The van der Waals surface area contributed by atoms with Crippen LogP contribution < -0.4 is 4.72 Å². The summed E-state index contributed by atoms with van der Waals surface area (Å²) in [4.78, 5) is 10.7. The first-order chi connectivity index (χ1) is 10.4. The fraction of sp³-hybridized carbons (Fsp3) is 0.462. The number of benzene rings is 1. The van der Waals surface area contributed by atoms with Crippen LogP contribution in [-0.4, -0.2) is 51.9 Å². The van der Waals surface area contributed by atoms with E-state index in [-0.39, 0.29) is 15.4 Å². The average Bonchev–Trinajstić information content (AvgIpc) is 2.43. The quantitative estimate of drug-likeness (QED) is 0.722. The molecule has 130 valence electrons. The SMILES string of the molecule is CNS(=O)(=O)c1ccc(S(=O)(=O)N(CC(=O)O)C(C)C)cc1C. The number of rotatable bonds is 7. The van der Waals surface area contributed by atoms with Gasteiger partial charge in [-0.05, 0) is 51.6 Å². The fourth-order valence-corrected chi connectivity index (χ4v) is 4.63. The number of hydrogen-bond acceptors (Lipinski definition) is 5. The first-order valence-electron chi connectivity index (χ1n) is 6.71. The van der Waals surface area contributed by atoms with Crippen molar-refractivity contribution in [3.8, 4) is 0 Å². The number of aliphatic carboxylic acids is 1. The molecule has 10 heteroatoms. The summed E-state index contributed by atoms with van der Waals surface area (Å²) in [5.74, 6) is -1.27. The van der Waals surface area contributed by atoms with Crippen LogP contribution in [0.4, 0.5) is 0 Å². The number of carboxylic acids is 1. The fourth-order valence-electron chi connectivity index (χ4n) is 2.01. The van der Waals surface area contributed by atoms with Crippen molar-refractivity contribution in [3.63, 3.8) is 0 Å². The minimum Gasteiger partial charge on any atom is -0.480 e. The lowest BCUT2D eigenvalue weighted by atomic mass is 10.2. The lowest BCUT2D eigenvalue weighted by molar-refractivity contribution is -0.137. The minimum atomic E-state index is -4.05. The maximum atomic E-state index is 12.6. The van der Waals surface area contributed by atoms with Gasteiger partial charge in [0.2, 0.25) is 20.0 Å². The number of nitrogens with zero attached hydrogens (tertiary/aromatic N) is 1. The Morgan fingerprint density at radius 3 is 2.22 bits per heavy atom. The first-order valence-corrected chi connectivity index (χ1v) is 9.63. The lowest BCUT2D eigenvalue weighted by Gasteiger charge is -2.24. The molecule has 8 nitrogen and oxygen atoms in total. The van der Waals surface area contributed by atoms with Gasteiger partial charge in [-0.2, -0.15) is 4.31 Å². The van der Waals surface area contributed by atoms with E-state index in [9.17, 15) is 21.6 Å². The first kappa shape index (κ1) is 19.6. The van der Waals surface area contributed by atoms with Crippen molar-refractivity contribution in [2.45, 2.75) is 36.6 Å². The molecule has 0 heterocycles. The summed E-state index contributed by atoms with van der Waals surface area (Å²) in [5, 5.41) is 8.89. The molecule has 0 spiro atoms. The molecule has 0 fully saturated rings. The molecular weight excluding hydrogens is 344 g/mol. The molecule has 0 aliphatic rings. The highest BCUT2D eigenvalue weighted by atomic mass is 32.2. The topological polar surface area (TPSA) is 121 Å². The Morgan fingerprint density at radius 1 is 1.26 bits per heavy atom. The maximum Gasteiger partial charge on any atom is 0.318 e. The van der Waals surface area contributed by atoms with Crippen molar-refractivity contribution in [1.29, 1.82) is 0 Å². The zero-order valence-electron chi connectivity index (χ0n) is 13.3. The Labute approximate surface area is 136 Å². The number of sulfonamides is 2. The van der Waals surface area contributed by atoms with Crippen LogP contribution in [-0.2, 0) is 24.8 Å². The van der Waals surface area contributed by atoms with Gasteiger partial charge in [0.25, 0.3) is 0 Å². The van der Waals surface area contributed by atoms with Crippen LogP contribution in [0.2, 0.25) is 0 Å². The van der Waals surface area contributed by atoms with E-state index in [1.54, 1.807) is 13.8 Å². The predicted molar refractivity (Wildman–Crippen MR) is 84.1 cm³/mol. The number of aryl methyl sites for hydroxylation is 1. The summed E-state index contributed by atoms with van der Waals surface area (Å²) in [6.45, 7) is 3.93. The van der Waals surface area contributed by atoms with Gasteiger partial charge in [-0.15, -0.1) is 0 Å². The van der Waals surface area contributed by atoms with E-state index < -0.39 is 38.6 Å². The Kier molecular flexibility index (Phi) is 5.91. The summed E-state index contributed by atoms with van der Waals surface area (Å²) >= 11 is 0. The predicted octanol–water partition coefficient (Wildman–Crippen LogP) is 0.387. The molecule has 0 atom stereocenters. The van der Waals surface area contributed by atoms with E-state index in [2.05, 4.69) is 4.72 Å². The van der Waals surface area contributed by atoms with Crippen LogP contribution in [0, 0.1) is 6.92 Å². The third kappa shape index (κ3) is 4.28. The van der Waals surface area contributed by atoms with Gasteiger partial charge in [0, 0.05) is 6.04 Å². The van der Waals surface area contributed by atoms with Gasteiger partial charge in [-0.1, -0.05) is 0 Å². The summed E-state index contributed by atoms with van der Waals surface area (Å²) in [7, 11) is -6.49. The van der Waals surface area contributed by atoms with E-state index in [0.717, 1.165) is 10.4 Å². The van der Waals surface area contributed by atoms with Crippen LogP contribution in [0.15, 0.2) is 28.0 Å². The molecule has 2 N–H and O–H groups in total. The Hall–Kier alpha value is -1.49. The number of carbonyl (C=O) groups is 1. The number of nitrogens with one attached hydrogen (secondary N) is 1. The Bertz CT molecular complexity index is 800. The van der Waals surface area contributed by atoms with Crippen LogP contribution in [0.3, 0.4) is 0 Å². The maximum absolute atomic E-state index is 12.6. The van der Waals surface area contributed by atoms with E-state index in [0.29, 0.717) is 0 Å². The molecule has 0 radical (unpaired) electrons. The van der Waals surface area contributed by atoms with Crippen molar-refractivity contribution >= 4 is 26.0 Å². The Balaban J connectivity index is 3.40. The van der Waals surface area contributed by atoms with Crippen molar-refractivity contribution in [2.75, 3.05) is 13.6 Å². The average molecular weight is 364 g/mol. The van der Waals surface area contributed by atoms with Gasteiger partial charge in [0.05, 0.1) is 9.79 Å². The summed E-state index contributed by atoms with van der Waals surface area (Å²) in [6.07, 6.45) is 0. The summed E-state index contributed by atoms with van der Waals surface area (Å²) in [6, 6.07) is 3.01. The number of hydrogen-bond donors (Lipinski definition) is 2. The lowest BCUT2D eigenvalue weighted by Crippen LogP contribution is -2.40. The van der Waals surface area contributed by atoms with Crippen molar-refractivity contribution in [3.05, 3.63) is 23.8 Å². The second kappa shape index (κ2) is 6.95. The third-order valence-corrected chi connectivity index (χ3v) is 6.77.